The van der Waals surface area contributed by atoms with Crippen LogP contribution in [0.15, 0.2) is 25.7 Å². The summed E-state index contributed by atoms with van der Waals surface area (Å²) in [5.74, 6) is 0. The average molecular weight is 188 g/mol. The zero-order chi connectivity index (χ0) is 10.2. The van der Waals surface area contributed by atoms with Crippen molar-refractivity contribution in [2.75, 3.05) is 26.4 Å². The van der Waals surface area contributed by atoms with Crippen LogP contribution < -0.4 is 0 Å². The third kappa shape index (κ3) is 3.96. The molecule has 0 atom stereocenters. The van der Waals surface area contributed by atoms with Crippen LogP contribution in [0.5, 0.6) is 0 Å². The molecule has 0 unspecified atom stereocenters. The molecule has 4 heteroatoms. The van der Waals surface area contributed by atoms with Crippen molar-refractivity contribution in [2.24, 2.45) is 5.41 Å². The van der Waals surface area contributed by atoms with Crippen LogP contribution in [-0.4, -0.2) is 36.6 Å². The molecule has 0 heterocycles. The molecule has 0 radical (unpaired) electrons. The quantitative estimate of drug-likeness (QED) is 0.537. The Hall–Kier alpha value is -1.00. The predicted octanol–water partition coefficient (Wildman–Crippen LogP) is 0.278. The minimum Gasteiger partial charge on any atom is -0.501 e. The van der Waals surface area contributed by atoms with Gasteiger partial charge in [0.15, 0.2) is 0 Å². The molecule has 76 valence electrons. The predicted molar refractivity (Wildman–Crippen MR) is 48.9 cm³/mol. The third-order valence-electron chi connectivity index (χ3n) is 1.69. The fourth-order valence-electron chi connectivity index (χ4n) is 0.746. The Balaban J connectivity index is 4.11. The van der Waals surface area contributed by atoms with E-state index in [2.05, 4.69) is 13.2 Å². The Morgan fingerprint density at radius 2 is 1.38 bits per heavy atom. The van der Waals surface area contributed by atoms with Crippen molar-refractivity contribution in [3.8, 4) is 0 Å². The van der Waals surface area contributed by atoms with Gasteiger partial charge in [-0.15, -0.1) is 0 Å². The first-order valence-electron chi connectivity index (χ1n) is 3.91. The van der Waals surface area contributed by atoms with E-state index in [0.29, 0.717) is 0 Å². The second-order valence-electron chi connectivity index (χ2n) is 2.77. The molecule has 0 fully saturated rings. The summed E-state index contributed by atoms with van der Waals surface area (Å²) in [6.45, 7) is 6.63. The summed E-state index contributed by atoms with van der Waals surface area (Å²) in [5.41, 5.74) is -0.789. The SMILES string of the molecule is C=COCC(CO)(CO)COC=C. The molecule has 0 bridgehead atoms. The fraction of sp³-hybridized carbons (Fsp3) is 0.556. The number of aliphatic hydroxyl groups excluding tert-OH is 2. The zero-order valence-electron chi connectivity index (χ0n) is 7.61. The van der Waals surface area contributed by atoms with E-state index in [1.807, 2.05) is 0 Å². The van der Waals surface area contributed by atoms with Crippen molar-refractivity contribution in [3.05, 3.63) is 25.7 Å². The molecule has 0 spiro atoms. The first kappa shape index (κ1) is 12.0. The van der Waals surface area contributed by atoms with Gasteiger partial charge < -0.3 is 19.7 Å². The maximum absolute atomic E-state index is 9.04. The van der Waals surface area contributed by atoms with E-state index in [-0.39, 0.29) is 26.4 Å². The lowest BCUT2D eigenvalue weighted by molar-refractivity contribution is -0.0403. The molecule has 2 N–H and O–H groups in total. The Morgan fingerprint density at radius 3 is 1.62 bits per heavy atom. The van der Waals surface area contributed by atoms with Crippen LogP contribution in [0.2, 0.25) is 0 Å². The van der Waals surface area contributed by atoms with Crippen LogP contribution in [0.1, 0.15) is 0 Å². The van der Waals surface area contributed by atoms with Gasteiger partial charge in [0.25, 0.3) is 0 Å². The maximum atomic E-state index is 9.04. The second-order valence-corrected chi connectivity index (χ2v) is 2.77. The molecule has 0 aromatic rings. The average Bonchev–Trinajstić information content (AvgIpc) is 2.20. The molecular weight excluding hydrogens is 172 g/mol. The molecule has 0 rings (SSSR count). The number of aliphatic hydroxyl groups is 2. The topological polar surface area (TPSA) is 58.9 Å². The Labute approximate surface area is 78.1 Å². The summed E-state index contributed by atoms with van der Waals surface area (Å²) in [6, 6.07) is 0. The summed E-state index contributed by atoms with van der Waals surface area (Å²) in [4.78, 5) is 0. The molecule has 0 aliphatic rings. The lowest BCUT2D eigenvalue weighted by Crippen LogP contribution is -2.38. The molecule has 0 aliphatic carbocycles. The highest BCUT2D eigenvalue weighted by Crippen LogP contribution is 2.17. The zero-order valence-corrected chi connectivity index (χ0v) is 7.61. The lowest BCUT2D eigenvalue weighted by Gasteiger charge is -2.27. The van der Waals surface area contributed by atoms with Gasteiger partial charge >= 0.3 is 0 Å². The first-order valence-corrected chi connectivity index (χ1v) is 3.91. The van der Waals surface area contributed by atoms with Crippen LogP contribution >= 0.6 is 0 Å². The molecule has 0 saturated carbocycles. The number of rotatable bonds is 8. The van der Waals surface area contributed by atoms with Crippen molar-refractivity contribution in [3.63, 3.8) is 0 Å². The minimum absolute atomic E-state index is 0.164. The van der Waals surface area contributed by atoms with E-state index in [4.69, 9.17) is 19.7 Å². The maximum Gasteiger partial charge on any atom is 0.101 e. The summed E-state index contributed by atoms with van der Waals surface area (Å²) in [6.07, 6.45) is 2.52. The molecule has 0 saturated heterocycles. The second kappa shape index (κ2) is 6.51. The van der Waals surface area contributed by atoms with Crippen LogP contribution in [0.3, 0.4) is 0 Å². The first-order chi connectivity index (χ1) is 6.24. The molecule has 0 aromatic heterocycles. The highest BCUT2D eigenvalue weighted by atomic mass is 16.5. The summed E-state index contributed by atoms with van der Waals surface area (Å²) >= 11 is 0. The van der Waals surface area contributed by atoms with Gasteiger partial charge in [-0.3, -0.25) is 0 Å². The lowest BCUT2D eigenvalue weighted by atomic mass is 9.92. The van der Waals surface area contributed by atoms with Crippen molar-refractivity contribution in [1.82, 2.24) is 0 Å². The summed E-state index contributed by atoms with van der Waals surface area (Å²) < 4.78 is 9.81. The van der Waals surface area contributed by atoms with Crippen LogP contribution in [0.4, 0.5) is 0 Å². The van der Waals surface area contributed by atoms with Gasteiger partial charge in [-0.1, -0.05) is 13.2 Å². The van der Waals surface area contributed by atoms with E-state index in [0.717, 1.165) is 0 Å². The van der Waals surface area contributed by atoms with Crippen LogP contribution in [-0.2, 0) is 9.47 Å². The molecule has 13 heavy (non-hydrogen) atoms. The Morgan fingerprint density at radius 1 is 1.00 bits per heavy atom. The van der Waals surface area contributed by atoms with Crippen LogP contribution in [0.25, 0.3) is 0 Å². The van der Waals surface area contributed by atoms with Crippen LogP contribution in [0, 0.1) is 5.41 Å². The van der Waals surface area contributed by atoms with Gasteiger partial charge in [-0.2, -0.15) is 0 Å². The van der Waals surface area contributed by atoms with Crippen molar-refractivity contribution >= 4 is 0 Å². The Kier molecular flexibility index (Phi) is 6.01. The molecule has 4 nitrogen and oxygen atoms in total. The van der Waals surface area contributed by atoms with Crippen molar-refractivity contribution in [2.45, 2.75) is 0 Å². The molecule has 0 aromatic carbocycles. The molecular formula is C9H16O4. The van der Waals surface area contributed by atoms with E-state index < -0.39 is 5.41 Å². The van der Waals surface area contributed by atoms with Gasteiger partial charge in [0.05, 0.1) is 31.2 Å². The van der Waals surface area contributed by atoms with E-state index in [9.17, 15) is 0 Å². The van der Waals surface area contributed by atoms with E-state index in [1.54, 1.807) is 0 Å². The van der Waals surface area contributed by atoms with Gasteiger partial charge in [0.1, 0.15) is 13.2 Å². The standard InChI is InChI=1S/C9H16O4/c1-3-12-7-9(5-10,6-11)8-13-4-2/h3-4,10-11H,1-2,5-8H2. The molecule has 0 aliphatic heterocycles. The fourth-order valence-corrected chi connectivity index (χ4v) is 0.746. The molecule has 0 amide bonds. The van der Waals surface area contributed by atoms with E-state index >= 15 is 0 Å². The summed E-state index contributed by atoms with van der Waals surface area (Å²) in [5, 5.41) is 18.1. The van der Waals surface area contributed by atoms with E-state index in [1.165, 1.54) is 12.5 Å². The van der Waals surface area contributed by atoms with Gasteiger partial charge in [0, 0.05) is 0 Å². The monoisotopic (exact) mass is 188 g/mol. The van der Waals surface area contributed by atoms with Crippen molar-refractivity contribution in [1.29, 1.82) is 0 Å². The highest BCUT2D eigenvalue weighted by molar-refractivity contribution is 4.79. The minimum atomic E-state index is -0.789. The summed E-state index contributed by atoms with van der Waals surface area (Å²) in [7, 11) is 0. The highest BCUT2D eigenvalue weighted by Gasteiger charge is 2.30. The number of hydrogen-bond donors (Lipinski definition) is 2. The van der Waals surface area contributed by atoms with Crippen molar-refractivity contribution < 1.29 is 19.7 Å². The smallest absolute Gasteiger partial charge is 0.101 e. The third-order valence-corrected chi connectivity index (χ3v) is 1.69. The van der Waals surface area contributed by atoms with Gasteiger partial charge in [0.2, 0.25) is 0 Å². The Bertz CT molecular complexity index is 138. The number of ether oxygens (including phenoxy) is 2. The number of hydrogen-bond acceptors (Lipinski definition) is 4. The largest absolute Gasteiger partial charge is 0.501 e. The normalized spacial score (nSPS) is 10.6. The van der Waals surface area contributed by atoms with Gasteiger partial charge in [-0.05, 0) is 0 Å². The van der Waals surface area contributed by atoms with Gasteiger partial charge in [-0.25, -0.2) is 0 Å².